The zero-order valence-corrected chi connectivity index (χ0v) is 12.3. The first kappa shape index (κ1) is 15.5. The fourth-order valence-corrected chi connectivity index (χ4v) is 2.17. The molecular weight excluding hydrogens is 379 g/mol. The van der Waals surface area contributed by atoms with Crippen LogP contribution in [0.2, 0.25) is 0 Å². The first-order chi connectivity index (χ1) is 8.45. The minimum Gasteiger partial charge on any atom is -0.332 e. The Bertz CT molecular complexity index is 429. The number of rotatable bonds is 5. The third-order valence-corrected chi connectivity index (χ3v) is 3.01. The molecule has 1 aromatic carbocycles. The summed E-state index contributed by atoms with van der Waals surface area (Å²) in [5.74, 6) is -1.47. The molecule has 0 unspecified atom stereocenters. The number of carbonyl (C=O) groups is 1. The van der Waals surface area contributed by atoms with Crippen molar-refractivity contribution in [3.8, 4) is 0 Å². The number of alkyl halides is 3. The normalized spacial score (nSPS) is 10.8. The number of nitrogens with zero attached hydrogens (tertiary/aromatic N) is 1. The quantitative estimate of drug-likeness (QED) is 0.704. The lowest BCUT2D eigenvalue weighted by molar-refractivity contribution is 0.0568. The maximum Gasteiger partial charge on any atom is 0.257 e. The number of halogens is 5. The SMILES string of the molecule is O=C(c1cc(Br)ccc1F)N(CCBr)CC(F)F. The van der Waals surface area contributed by atoms with Crippen molar-refractivity contribution >= 4 is 37.8 Å². The number of hydrogen-bond acceptors (Lipinski definition) is 1. The third-order valence-electron chi connectivity index (χ3n) is 2.16. The van der Waals surface area contributed by atoms with Gasteiger partial charge in [-0.1, -0.05) is 31.9 Å². The van der Waals surface area contributed by atoms with Crippen LogP contribution >= 0.6 is 31.9 Å². The average molecular weight is 389 g/mol. The fraction of sp³-hybridized carbons (Fsp3) is 0.364. The van der Waals surface area contributed by atoms with Crippen LogP contribution in [0, 0.1) is 5.82 Å². The molecule has 1 rings (SSSR count). The highest BCUT2D eigenvalue weighted by Gasteiger charge is 2.22. The van der Waals surface area contributed by atoms with Crippen LogP contribution in [0.3, 0.4) is 0 Å². The van der Waals surface area contributed by atoms with E-state index >= 15 is 0 Å². The van der Waals surface area contributed by atoms with Crippen LogP contribution in [0.1, 0.15) is 10.4 Å². The minimum absolute atomic E-state index is 0.0924. The summed E-state index contributed by atoms with van der Waals surface area (Å²) in [5, 5.41) is 0.348. The maximum absolute atomic E-state index is 13.5. The smallest absolute Gasteiger partial charge is 0.257 e. The van der Waals surface area contributed by atoms with Crippen LogP contribution in [-0.4, -0.2) is 35.7 Å². The molecule has 0 saturated carbocycles. The lowest BCUT2D eigenvalue weighted by Crippen LogP contribution is -2.37. The van der Waals surface area contributed by atoms with E-state index in [4.69, 9.17) is 0 Å². The Hall–Kier alpha value is -0.560. The van der Waals surface area contributed by atoms with Gasteiger partial charge in [0.25, 0.3) is 12.3 Å². The molecule has 0 bridgehead atoms. The monoisotopic (exact) mass is 387 g/mol. The summed E-state index contributed by atoms with van der Waals surface area (Å²) in [6, 6.07) is 3.84. The molecule has 0 heterocycles. The van der Waals surface area contributed by atoms with Crippen LogP contribution in [0.25, 0.3) is 0 Å². The van der Waals surface area contributed by atoms with Crippen LogP contribution < -0.4 is 0 Å². The van der Waals surface area contributed by atoms with Crippen molar-refractivity contribution in [2.45, 2.75) is 6.43 Å². The molecule has 0 aliphatic rings. The zero-order chi connectivity index (χ0) is 13.7. The van der Waals surface area contributed by atoms with Gasteiger partial charge < -0.3 is 4.90 Å². The Morgan fingerprint density at radius 1 is 1.39 bits per heavy atom. The molecular formula is C11H10Br2F3NO. The predicted molar refractivity (Wildman–Crippen MR) is 69.8 cm³/mol. The van der Waals surface area contributed by atoms with Crippen molar-refractivity contribution in [2.75, 3.05) is 18.4 Å². The fourth-order valence-electron chi connectivity index (χ4n) is 1.38. The van der Waals surface area contributed by atoms with Crippen molar-refractivity contribution in [2.24, 2.45) is 0 Å². The molecule has 0 N–H and O–H groups in total. The zero-order valence-electron chi connectivity index (χ0n) is 9.18. The molecule has 0 fully saturated rings. The van der Waals surface area contributed by atoms with Gasteiger partial charge in [-0.2, -0.15) is 0 Å². The van der Waals surface area contributed by atoms with E-state index in [-0.39, 0.29) is 12.1 Å². The molecule has 0 atom stereocenters. The molecule has 1 aromatic rings. The highest BCUT2D eigenvalue weighted by molar-refractivity contribution is 9.10. The molecule has 100 valence electrons. The van der Waals surface area contributed by atoms with Gasteiger partial charge in [-0.3, -0.25) is 4.79 Å². The van der Waals surface area contributed by atoms with Crippen molar-refractivity contribution in [1.82, 2.24) is 4.90 Å². The van der Waals surface area contributed by atoms with Crippen molar-refractivity contribution in [1.29, 1.82) is 0 Å². The van der Waals surface area contributed by atoms with Gasteiger partial charge in [0.15, 0.2) is 0 Å². The Morgan fingerprint density at radius 2 is 2.06 bits per heavy atom. The summed E-state index contributed by atoms with van der Waals surface area (Å²) in [6.45, 7) is -0.620. The molecule has 0 radical (unpaired) electrons. The molecule has 0 aromatic heterocycles. The topological polar surface area (TPSA) is 20.3 Å². The van der Waals surface area contributed by atoms with E-state index in [9.17, 15) is 18.0 Å². The molecule has 18 heavy (non-hydrogen) atoms. The standard InChI is InChI=1S/C11H10Br2F3NO/c12-3-4-17(6-10(15)16)11(18)8-5-7(13)1-2-9(8)14/h1-2,5,10H,3-4,6H2. The molecule has 1 amide bonds. The first-order valence-corrected chi connectivity index (χ1v) is 6.95. The lowest BCUT2D eigenvalue weighted by atomic mass is 10.2. The summed E-state index contributed by atoms with van der Waals surface area (Å²) in [7, 11) is 0. The van der Waals surface area contributed by atoms with Crippen molar-refractivity contribution in [3.05, 3.63) is 34.1 Å². The van der Waals surface area contributed by atoms with Gasteiger partial charge in [0, 0.05) is 16.3 Å². The highest BCUT2D eigenvalue weighted by atomic mass is 79.9. The summed E-state index contributed by atoms with van der Waals surface area (Å²) >= 11 is 6.18. The molecule has 0 aliphatic heterocycles. The third kappa shape index (κ3) is 4.28. The second-order valence-electron chi connectivity index (χ2n) is 3.46. The highest BCUT2D eigenvalue weighted by Crippen LogP contribution is 2.18. The average Bonchev–Trinajstić information content (AvgIpc) is 2.30. The van der Waals surface area contributed by atoms with Gasteiger partial charge in [0.1, 0.15) is 5.82 Å². The molecule has 2 nitrogen and oxygen atoms in total. The summed E-state index contributed by atoms with van der Waals surface area (Å²) in [6.07, 6.45) is -2.65. The molecule has 0 spiro atoms. The molecule has 7 heteroatoms. The van der Waals surface area contributed by atoms with E-state index in [1.807, 2.05) is 0 Å². The Labute approximate surface area is 119 Å². The number of benzene rings is 1. The predicted octanol–water partition coefficient (Wildman–Crippen LogP) is 3.69. The Morgan fingerprint density at radius 3 is 2.61 bits per heavy atom. The van der Waals surface area contributed by atoms with E-state index in [0.29, 0.717) is 9.80 Å². The van der Waals surface area contributed by atoms with Crippen LogP contribution in [0.5, 0.6) is 0 Å². The van der Waals surface area contributed by atoms with Gasteiger partial charge in [-0.05, 0) is 18.2 Å². The van der Waals surface area contributed by atoms with Gasteiger partial charge in [-0.15, -0.1) is 0 Å². The largest absolute Gasteiger partial charge is 0.332 e. The summed E-state index contributed by atoms with van der Waals surface area (Å²) < 4.78 is 38.7. The van der Waals surface area contributed by atoms with E-state index in [1.54, 1.807) is 0 Å². The van der Waals surface area contributed by atoms with Crippen molar-refractivity contribution < 1.29 is 18.0 Å². The van der Waals surface area contributed by atoms with E-state index < -0.39 is 24.7 Å². The van der Waals surface area contributed by atoms with Crippen LogP contribution in [-0.2, 0) is 0 Å². The lowest BCUT2D eigenvalue weighted by Gasteiger charge is -2.21. The maximum atomic E-state index is 13.5. The Kier molecular flexibility index (Phi) is 6.14. The van der Waals surface area contributed by atoms with Gasteiger partial charge in [0.05, 0.1) is 12.1 Å². The van der Waals surface area contributed by atoms with Crippen LogP contribution in [0.15, 0.2) is 22.7 Å². The van der Waals surface area contributed by atoms with E-state index in [2.05, 4.69) is 31.9 Å². The first-order valence-electron chi connectivity index (χ1n) is 5.04. The molecule has 0 saturated heterocycles. The second-order valence-corrected chi connectivity index (χ2v) is 5.16. The van der Waals surface area contributed by atoms with Crippen molar-refractivity contribution in [3.63, 3.8) is 0 Å². The van der Waals surface area contributed by atoms with Crippen LogP contribution in [0.4, 0.5) is 13.2 Å². The summed E-state index contributed by atoms with van der Waals surface area (Å²) in [4.78, 5) is 12.9. The van der Waals surface area contributed by atoms with Gasteiger partial charge in [0.2, 0.25) is 0 Å². The molecule has 0 aliphatic carbocycles. The second kappa shape index (κ2) is 7.13. The van der Waals surface area contributed by atoms with Gasteiger partial charge in [-0.25, -0.2) is 13.2 Å². The number of hydrogen-bond donors (Lipinski definition) is 0. The van der Waals surface area contributed by atoms with Gasteiger partial charge >= 0.3 is 0 Å². The minimum atomic E-state index is -2.65. The number of amides is 1. The van der Waals surface area contributed by atoms with E-state index in [0.717, 1.165) is 11.0 Å². The number of carbonyl (C=O) groups excluding carboxylic acids is 1. The van der Waals surface area contributed by atoms with E-state index in [1.165, 1.54) is 12.1 Å². The summed E-state index contributed by atoms with van der Waals surface area (Å²) in [5.41, 5.74) is -0.217. The Balaban J connectivity index is 2.97.